The Bertz CT molecular complexity index is 582. The Morgan fingerprint density at radius 2 is 1.35 bits per heavy atom. The smallest absolute Gasteiger partial charge is 0.264 e. The van der Waals surface area contributed by atoms with Gasteiger partial charge in [-0.05, 0) is 19.3 Å². The molecule has 0 saturated heterocycles. The van der Waals surface area contributed by atoms with Crippen LogP contribution in [0.25, 0.3) is 0 Å². The Balaban J connectivity index is 3.89. The summed E-state index contributed by atoms with van der Waals surface area (Å²) in [5.74, 6) is 0.346. The number of unbranched alkanes of at least 4 members (excludes halogenated alkanes) is 6. The lowest BCUT2D eigenvalue weighted by Crippen LogP contribution is -2.24. The standard InChI is InChI=1S/C17H34O7S2/c1-4-5-12-16(18)13-10-8-6-7-9-11-14-17(24-26(3,21)22)15-23-25(2,19)20/h17H,4-15H2,1-3H3. The molecule has 0 aromatic rings. The lowest BCUT2D eigenvalue weighted by atomic mass is 10.0. The Morgan fingerprint density at radius 3 is 1.88 bits per heavy atom. The second-order valence-corrected chi connectivity index (χ2v) is 9.96. The molecule has 0 aliphatic rings. The van der Waals surface area contributed by atoms with Gasteiger partial charge in [0.15, 0.2) is 0 Å². The Labute approximate surface area is 159 Å². The number of hydrogen-bond donors (Lipinski definition) is 0. The molecule has 0 aromatic heterocycles. The largest absolute Gasteiger partial charge is 0.300 e. The van der Waals surface area contributed by atoms with E-state index < -0.39 is 26.3 Å². The second-order valence-electron chi connectivity index (χ2n) is 6.71. The molecule has 1 unspecified atom stereocenters. The third-order valence-corrected chi connectivity index (χ3v) is 5.01. The molecule has 0 aromatic carbocycles. The van der Waals surface area contributed by atoms with Gasteiger partial charge in [0.25, 0.3) is 20.2 Å². The molecule has 0 radical (unpaired) electrons. The van der Waals surface area contributed by atoms with Crippen molar-refractivity contribution in [1.29, 1.82) is 0 Å². The van der Waals surface area contributed by atoms with E-state index in [0.717, 1.165) is 63.9 Å². The van der Waals surface area contributed by atoms with Crippen molar-refractivity contribution in [3.05, 3.63) is 0 Å². The van der Waals surface area contributed by atoms with Crippen molar-refractivity contribution >= 4 is 26.0 Å². The molecule has 0 fully saturated rings. The number of hydrogen-bond acceptors (Lipinski definition) is 7. The molecule has 26 heavy (non-hydrogen) atoms. The minimum atomic E-state index is -3.67. The molecule has 0 saturated carbocycles. The minimum absolute atomic E-state index is 0.300. The van der Waals surface area contributed by atoms with Gasteiger partial charge in [0.1, 0.15) is 11.9 Å². The molecule has 0 aliphatic carbocycles. The first-order valence-electron chi connectivity index (χ1n) is 9.28. The van der Waals surface area contributed by atoms with Gasteiger partial charge in [-0.15, -0.1) is 0 Å². The maximum absolute atomic E-state index is 11.5. The molecule has 7 nitrogen and oxygen atoms in total. The lowest BCUT2D eigenvalue weighted by Gasteiger charge is -2.15. The van der Waals surface area contributed by atoms with Crippen molar-refractivity contribution in [1.82, 2.24) is 0 Å². The fourth-order valence-corrected chi connectivity index (χ4v) is 3.55. The van der Waals surface area contributed by atoms with Gasteiger partial charge >= 0.3 is 0 Å². The quantitative estimate of drug-likeness (QED) is 0.266. The molecule has 0 amide bonds. The van der Waals surface area contributed by atoms with Gasteiger partial charge in [0.05, 0.1) is 19.1 Å². The number of carbonyl (C=O) groups is 1. The van der Waals surface area contributed by atoms with E-state index in [9.17, 15) is 21.6 Å². The van der Waals surface area contributed by atoms with Gasteiger partial charge in [0.2, 0.25) is 0 Å². The van der Waals surface area contributed by atoms with Crippen LogP contribution in [0.4, 0.5) is 0 Å². The van der Waals surface area contributed by atoms with Gasteiger partial charge in [-0.3, -0.25) is 13.2 Å². The zero-order chi connectivity index (χ0) is 20.1. The van der Waals surface area contributed by atoms with E-state index in [0.29, 0.717) is 25.0 Å². The molecule has 1 atom stereocenters. The lowest BCUT2D eigenvalue weighted by molar-refractivity contribution is -0.119. The third kappa shape index (κ3) is 18.3. The van der Waals surface area contributed by atoms with E-state index in [1.807, 2.05) is 0 Å². The van der Waals surface area contributed by atoms with Crippen LogP contribution in [0.1, 0.15) is 77.6 Å². The molecular formula is C17H34O7S2. The van der Waals surface area contributed by atoms with Crippen LogP contribution in [-0.2, 0) is 33.4 Å². The predicted octanol–water partition coefficient (Wildman–Crippen LogP) is 3.19. The van der Waals surface area contributed by atoms with Crippen molar-refractivity contribution < 1.29 is 30.0 Å². The van der Waals surface area contributed by atoms with E-state index in [1.54, 1.807) is 0 Å². The monoisotopic (exact) mass is 414 g/mol. The zero-order valence-electron chi connectivity index (χ0n) is 16.2. The van der Waals surface area contributed by atoms with Crippen molar-refractivity contribution in [3.8, 4) is 0 Å². The summed E-state index contributed by atoms with van der Waals surface area (Å²) in [7, 11) is -7.30. The van der Waals surface area contributed by atoms with E-state index in [2.05, 4.69) is 11.1 Å². The minimum Gasteiger partial charge on any atom is -0.300 e. The highest BCUT2D eigenvalue weighted by Gasteiger charge is 2.18. The number of Topliss-reactive ketones (excluding diaryl/α,β-unsaturated/α-hetero) is 1. The van der Waals surface area contributed by atoms with Crippen molar-refractivity contribution in [2.45, 2.75) is 83.7 Å². The van der Waals surface area contributed by atoms with E-state index >= 15 is 0 Å². The average molecular weight is 415 g/mol. The van der Waals surface area contributed by atoms with Crippen LogP contribution < -0.4 is 0 Å². The maximum Gasteiger partial charge on any atom is 0.264 e. The maximum atomic E-state index is 11.5. The summed E-state index contributed by atoms with van der Waals surface area (Å²) in [4.78, 5) is 11.5. The van der Waals surface area contributed by atoms with Crippen LogP contribution in [0, 0.1) is 0 Å². The van der Waals surface area contributed by atoms with Crippen molar-refractivity contribution in [3.63, 3.8) is 0 Å². The van der Waals surface area contributed by atoms with Gasteiger partial charge in [-0.1, -0.05) is 45.4 Å². The summed E-state index contributed by atoms with van der Waals surface area (Å²) < 4.78 is 54.1. The molecule has 0 aliphatic heterocycles. The summed E-state index contributed by atoms with van der Waals surface area (Å²) in [5, 5.41) is 0. The van der Waals surface area contributed by atoms with Crippen LogP contribution in [0.2, 0.25) is 0 Å². The van der Waals surface area contributed by atoms with Crippen LogP contribution in [0.3, 0.4) is 0 Å². The number of rotatable bonds is 17. The summed E-state index contributed by atoms with van der Waals surface area (Å²) in [6.45, 7) is 1.78. The number of ketones is 1. The second kappa shape index (κ2) is 13.6. The topological polar surface area (TPSA) is 104 Å². The summed E-state index contributed by atoms with van der Waals surface area (Å²) in [5.41, 5.74) is 0. The Hall–Kier alpha value is -0.510. The fourth-order valence-electron chi connectivity index (χ4n) is 2.51. The Kier molecular flexibility index (Phi) is 13.4. The van der Waals surface area contributed by atoms with Crippen LogP contribution >= 0.6 is 0 Å². The predicted molar refractivity (Wildman–Crippen MR) is 102 cm³/mol. The summed E-state index contributed by atoms with van der Waals surface area (Å²) in [6.07, 6.45) is 10.4. The molecule has 0 spiro atoms. The normalized spacial score (nSPS) is 13.7. The zero-order valence-corrected chi connectivity index (χ0v) is 17.9. The van der Waals surface area contributed by atoms with Gasteiger partial charge in [-0.2, -0.15) is 16.8 Å². The Morgan fingerprint density at radius 1 is 0.808 bits per heavy atom. The van der Waals surface area contributed by atoms with E-state index in [-0.39, 0.29) is 6.61 Å². The molecule has 0 rings (SSSR count). The SMILES string of the molecule is CCCCC(=O)CCCCCCCCC(COS(C)(=O)=O)OS(C)(=O)=O. The van der Waals surface area contributed by atoms with Gasteiger partial charge in [-0.25, -0.2) is 0 Å². The first kappa shape index (κ1) is 25.5. The number of carbonyl (C=O) groups excluding carboxylic acids is 1. The van der Waals surface area contributed by atoms with Gasteiger partial charge in [0, 0.05) is 12.8 Å². The van der Waals surface area contributed by atoms with Crippen molar-refractivity contribution in [2.75, 3.05) is 19.1 Å². The molecule has 0 N–H and O–H groups in total. The van der Waals surface area contributed by atoms with Crippen molar-refractivity contribution in [2.24, 2.45) is 0 Å². The third-order valence-electron chi connectivity index (χ3n) is 3.82. The highest BCUT2D eigenvalue weighted by atomic mass is 32.2. The van der Waals surface area contributed by atoms with Crippen LogP contribution in [0.5, 0.6) is 0 Å². The summed E-state index contributed by atoms with van der Waals surface area (Å²) >= 11 is 0. The average Bonchev–Trinajstić information content (AvgIpc) is 2.50. The van der Waals surface area contributed by atoms with E-state index in [1.165, 1.54) is 0 Å². The van der Waals surface area contributed by atoms with Gasteiger partial charge < -0.3 is 0 Å². The first-order chi connectivity index (χ1) is 12.0. The molecular weight excluding hydrogens is 380 g/mol. The molecule has 156 valence electrons. The van der Waals surface area contributed by atoms with Crippen LogP contribution in [0.15, 0.2) is 0 Å². The highest BCUT2D eigenvalue weighted by molar-refractivity contribution is 7.86. The molecule has 0 bridgehead atoms. The summed E-state index contributed by atoms with van der Waals surface area (Å²) in [6, 6.07) is 0. The fraction of sp³-hybridized carbons (Fsp3) is 0.941. The first-order valence-corrected chi connectivity index (χ1v) is 12.9. The van der Waals surface area contributed by atoms with Crippen LogP contribution in [-0.4, -0.2) is 47.8 Å². The molecule has 9 heteroatoms. The highest BCUT2D eigenvalue weighted by Crippen LogP contribution is 2.14. The molecule has 0 heterocycles. The van der Waals surface area contributed by atoms with E-state index in [4.69, 9.17) is 4.18 Å².